The molecule has 0 spiro atoms. The zero-order valence-corrected chi connectivity index (χ0v) is 21.3. The van der Waals surface area contributed by atoms with Gasteiger partial charge in [-0.15, -0.1) is 5.10 Å². The van der Waals surface area contributed by atoms with Gasteiger partial charge in [-0.05, 0) is 62.6 Å². The topological polar surface area (TPSA) is 95.1 Å². The van der Waals surface area contributed by atoms with Crippen molar-refractivity contribution in [3.63, 3.8) is 0 Å². The molecule has 8 nitrogen and oxygen atoms in total. The van der Waals surface area contributed by atoms with Crippen LogP contribution < -0.4 is 4.90 Å². The van der Waals surface area contributed by atoms with Crippen LogP contribution in [0.5, 0.6) is 0 Å². The lowest BCUT2D eigenvalue weighted by Crippen LogP contribution is -2.43. The predicted molar refractivity (Wildman–Crippen MR) is 133 cm³/mol. The Bertz CT molecular complexity index is 1390. The number of imide groups is 1. The van der Waals surface area contributed by atoms with Gasteiger partial charge < -0.3 is 4.90 Å². The molecule has 0 bridgehead atoms. The van der Waals surface area contributed by atoms with E-state index in [9.17, 15) is 22.8 Å². The number of hydrogen-bond donors (Lipinski definition) is 0. The van der Waals surface area contributed by atoms with Gasteiger partial charge in [-0.2, -0.15) is 18.4 Å². The molecule has 4 rings (SSSR count). The second kappa shape index (κ2) is 10.3. The molecule has 3 aromatic rings. The van der Waals surface area contributed by atoms with E-state index in [0.29, 0.717) is 6.07 Å². The largest absolute Gasteiger partial charge is 0.417 e. The van der Waals surface area contributed by atoms with Crippen molar-refractivity contribution in [2.75, 3.05) is 4.90 Å². The molecule has 0 aliphatic carbocycles. The number of carbonyl (C=O) groups is 2. The molecule has 0 atom stereocenters. The molecule has 0 radical (unpaired) electrons. The van der Waals surface area contributed by atoms with Crippen LogP contribution in [-0.4, -0.2) is 37.4 Å². The second-order valence-corrected chi connectivity index (χ2v) is 9.69. The maximum absolute atomic E-state index is 13.5. The summed E-state index contributed by atoms with van der Waals surface area (Å²) in [4.78, 5) is 28.6. The lowest BCUT2D eigenvalue weighted by molar-refractivity contribution is -0.137. The van der Waals surface area contributed by atoms with Gasteiger partial charge in [-0.3, -0.25) is 4.79 Å². The molecule has 2 heterocycles. The second-order valence-electron chi connectivity index (χ2n) is 9.69. The summed E-state index contributed by atoms with van der Waals surface area (Å²) in [5, 5.41) is 17.4. The fourth-order valence-electron chi connectivity index (χ4n) is 4.36. The van der Waals surface area contributed by atoms with Crippen LogP contribution in [0.4, 0.5) is 23.7 Å². The lowest BCUT2D eigenvalue weighted by atomic mass is 10.0. The van der Waals surface area contributed by atoms with Crippen molar-refractivity contribution in [3.05, 3.63) is 71.0 Å². The average Bonchev–Trinajstić information content (AvgIpc) is 3.41. The summed E-state index contributed by atoms with van der Waals surface area (Å²) in [5.41, 5.74) is -0.917. The van der Waals surface area contributed by atoms with Crippen LogP contribution in [0, 0.1) is 11.3 Å². The van der Waals surface area contributed by atoms with Gasteiger partial charge in [0.1, 0.15) is 5.54 Å². The normalized spacial score (nSPS) is 15.3. The number of halogens is 3. The third-order valence-corrected chi connectivity index (χ3v) is 6.63. The zero-order chi connectivity index (χ0) is 27.7. The number of anilines is 1. The van der Waals surface area contributed by atoms with Gasteiger partial charge in [0.2, 0.25) is 0 Å². The number of unbranched alkanes of at least 4 members (excludes halogenated alkanes) is 2. The van der Waals surface area contributed by atoms with E-state index in [1.54, 1.807) is 30.7 Å². The number of carbonyl (C=O) groups excluding carboxylic acids is 2. The molecule has 0 N–H and O–H groups in total. The van der Waals surface area contributed by atoms with Crippen molar-refractivity contribution in [2.45, 2.75) is 64.7 Å². The third-order valence-electron chi connectivity index (χ3n) is 6.63. The molecule has 1 aliphatic rings. The van der Waals surface area contributed by atoms with Crippen LogP contribution in [0.2, 0.25) is 0 Å². The summed E-state index contributed by atoms with van der Waals surface area (Å²) in [5.74, 6) is -0.657. The number of amides is 3. The van der Waals surface area contributed by atoms with Crippen LogP contribution in [0.15, 0.2) is 48.7 Å². The Hall–Kier alpha value is -4.20. The number of benzene rings is 2. The van der Waals surface area contributed by atoms with Crippen LogP contribution in [-0.2, 0) is 23.9 Å². The lowest BCUT2D eigenvalue weighted by Gasteiger charge is -2.27. The summed E-state index contributed by atoms with van der Waals surface area (Å²) >= 11 is 0. The van der Waals surface area contributed by atoms with E-state index < -0.39 is 34.8 Å². The minimum atomic E-state index is -4.82. The molecule has 3 amide bonds. The quantitative estimate of drug-likeness (QED) is 0.281. The van der Waals surface area contributed by atoms with Gasteiger partial charge in [-0.1, -0.05) is 37.1 Å². The van der Waals surface area contributed by atoms with E-state index in [1.807, 2.05) is 18.3 Å². The highest BCUT2D eigenvalue weighted by Gasteiger charge is 2.52. The monoisotopic (exact) mass is 524 g/mol. The van der Waals surface area contributed by atoms with Crippen molar-refractivity contribution in [3.8, 4) is 11.8 Å². The van der Waals surface area contributed by atoms with Crippen LogP contribution in [0.3, 0.4) is 0 Å². The Balaban J connectivity index is 1.54. The highest BCUT2D eigenvalue weighted by molar-refractivity contribution is 6.23. The highest BCUT2D eigenvalue weighted by atomic mass is 19.4. The van der Waals surface area contributed by atoms with Crippen molar-refractivity contribution in [1.29, 1.82) is 5.26 Å². The van der Waals surface area contributed by atoms with Gasteiger partial charge in [0.15, 0.2) is 0 Å². The molecule has 1 saturated heterocycles. The van der Waals surface area contributed by atoms with Gasteiger partial charge in [0, 0.05) is 6.54 Å². The van der Waals surface area contributed by atoms with Gasteiger partial charge in [-0.25, -0.2) is 14.4 Å². The van der Waals surface area contributed by atoms with E-state index in [-0.39, 0.29) is 12.2 Å². The number of nitriles is 1. The van der Waals surface area contributed by atoms with Crippen molar-refractivity contribution in [2.24, 2.45) is 0 Å². The van der Waals surface area contributed by atoms with Crippen LogP contribution >= 0.6 is 0 Å². The molecular weight excluding hydrogens is 497 g/mol. The average molecular weight is 525 g/mol. The fourth-order valence-corrected chi connectivity index (χ4v) is 4.36. The third kappa shape index (κ3) is 5.11. The molecule has 1 aromatic heterocycles. The SMILES string of the molecule is CCCCCc1cn(-c2ccc(CN3C(=O)N(c4ccc(C#N)c(C(F)(F)F)c4)C(=O)C3(C)C)cc2)nn1. The molecule has 38 heavy (non-hydrogen) atoms. The van der Waals surface area contributed by atoms with Crippen LogP contribution in [0.1, 0.15) is 62.4 Å². The number of hydrogen-bond acceptors (Lipinski definition) is 5. The number of urea groups is 1. The van der Waals surface area contributed by atoms with E-state index in [2.05, 4.69) is 17.2 Å². The Morgan fingerprint density at radius 3 is 2.34 bits per heavy atom. The minimum absolute atomic E-state index is 0.0659. The Labute approximate surface area is 218 Å². The number of aryl methyl sites for hydroxylation is 1. The molecule has 0 unspecified atom stereocenters. The van der Waals surface area contributed by atoms with Gasteiger partial charge >= 0.3 is 12.2 Å². The van der Waals surface area contributed by atoms with Gasteiger partial charge in [0.25, 0.3) is 5.91 Å². The number of rotatable bonds is 8. The van der Waals surface area contributed by atoms with Crippen LogP contribution in [0.25, 0.3) is 5.69 Å². The predicted octanol–water partition coefficient (Wildman–Crippen LogP) is 5.64. The zero-order valence-electron chi connectivity index (χ0n) is 21.3. The molecule has 11 heteroatoms. The van der Waals surface area contributed by atoms with Gasteiger partial charge in [0.05, 0.1) is 40.5 Å². The van der Waals surface area contributed by atoms with E-state index >= 15 is 0 Å². The standard InChI is InChI=1S/C27H27F3N6O2/c1-4-5-6-7-20-17-35(33-32-20)21-11-8-18(9-12-21)16-34-25(38)36(24(37)26(34,2)3)22-13-10-19(15-31)23(14-22)27(28,29)30/h8-14,17H,4-7,16H2,1-3H3. The smallest absolute Gasteiger partial charge is 0.305 e. The number of aromatic nitrogens is 3. The summed E-state index contributed by atoms with van der Waals surface area (Å²) in [7, 11) is 0. The Kier molecular flexibility index (Phi) is 7.26. The first-order chi connectivity index (χ1) is 18.0. The molecule has 2 aromatic carbocycles. The summed E-state index contributed by atoms with van der Waals surface area (Å²) in [6, 6.07) is 10.8. The first-order valence-corrected chi connectivity index (χ1v) is 12.3. The first kappa shape index (κ1) is 26.9. The molecule has 0 saturated carbocycles. The molecular formula is C27H27F3N6O2. The maximum Gasteiger partial charge on any atom is 0.417 e. The molecule has 198 valence electrons. The first-order valence-electron chi connectivity index (χ1n) is 12.3. The van der Waals surface area contributed by atoms with E-state index in [0.717, 1.165) is 53.6 Å². The molecule has 1 aliphatic heterocycles. The van der Waals surface area contributed by atoms with Crippen molar-refractivity contribution in [1.82, 2.24) is 19.9 Å². The number of alkyl halides is 3. The Morgan fingerprint density at radius 1 is 1.03 bits per heavy atom. The number of nitrogens with zero attached hydrogens (tertiary/aromatic N) is 6. The Morgan fingerprint density at radius 2 is 1.71 bits per heavy atom. The summed E-state index contributed by atoms with van der Waals surface area (Å²) in [6.45, 7) is 5.30. The van der Waals surface area contributed by atoms with E-state index in [4.69, 9.17) is 5.26 Å². The van der Waals surface area contributed by atoms with Crippen molar-refractivity contribution < 1.29 is 22.8 Å². The van der Waals surface area contributed by atoms with Crippen molar-refractivity contribution >= 4 is 17.6 Å². The molecule has 1 fully saturated rings. The highest BCUT2D eigenvalue weighted by Crippen LogP contribution is 2.38. The van der Waals surface area contributed by atoms with E-state index in [1.165, 1.54) is 17.0 Å². The minimum Gasteiger partial charge on any atom is -0.305 e. The maximum atomic E-state index is 13.5. The fraction of sp³-hybridized carbons (Fsp3) is 0.370. The summed E-state index contributed by atoms with van der Waals surface area (Å²) < 4.78 is 42.1. The summed E-state index contributed by atoms with van der Waals surface area (Å²) in [6.07, 6.45) is 1.21.